The molecule has 2 rings (SSSR count). The van der Waals surface area contributed by atoms with Crippen molar-refractivity contribution in [1.29, 1.82) is 0 Å². The highest BCUT2D eigenvalue weighted by Crippen LogP contribution is 2.24. The zero-order chi connectivity index (χ0) is 18.4. The lowest BCUT2D eigenvalue weighted by Crippen LogP contribution is -2.37. The highest BCUT2D eigenvalue weighted by molar-refractivity contribution is 5.94. The normalized spacial score (nSPS) is 15.7. The second kappa shape index (κ2) is 10.4. The van der Waals surface area contributed by atoms with Crippen LogP contribution in [0.1, 0.15) is 26.2 Å². The van der Waals surface area contributed by atoms with E-state index < -0.39 is 17.5 Å². The molecule has 26 heavy (non-hydrogen) atoms. The van der Waals surface area contributed by atoms with Gasteiger partial charge in [-0.25, -0.2) is 8.78 Å². The minimum absolute atomic E-state index is 0. The molecule has 0 bridgehead atoms. The van der Waals surface area contributed by atoms with Crippen LogP contribution in [-0.2, 0) is 9.59 Å². The van der Waals surface area contributed by atoms with Crippen molar-refractivity contribution in [3.8, 4) is 0 Å². The largest absolute Gasteiger partial charge is 0.336 e. The number of nitrogens with one attached hydrogen (secondary N) is 2. The molecule has 1 fully saturated rings. The summed E-state index contributed by atoms with van der Waals surface area (Å²) < 4.78 is 26.3. The summed E-state index contributed by atoms with van der Waals surface area (Å²) >= 11 is 0. The number of rotatable bonds is 6. The van der Waals surface area contributed by atoms with Crippen molar-refractivity contribution in [2.45, 2.75) is 26.2 Å². The Labute approximate surface area is 158 Å². The molecule has 1 atom stereocenters. The SMILES string of the molecule is CC(CC(=O)N(C)CC(=O)Nc1cc(F)cc(F)c1)C1CCNCC1.Cl. The Balaban J connectivity index is 0.00000338. The Morgan fingerprint density at radius 3 is 2.38 bits per heavy atom. The monoisotopic (exact) mass is 389 g/mol. The molecule has 0 saturated carbocycles. The highest BCUT2D eigenvalue weighted by Gasteiger charge is 2.24. The van der Waals surface area contributed by atoms with E-state index >= 15 is 0 Å². The summed E-state index contributed by atoms with van der Waals surface area (Å²) in [7, 11) is 1.56. The summed E-state index contributed by atoms with van der Waals surface area (Å²) in [6.07, 6.45) is 2.51. The van der Waals surface area contributed by atoms with E-state index in [1.165, 1.54) is 4.90 Å². The fraction of sp³-hybridized carbons (Fsp3) is 0.556. The van der Waals surface area contributed by atoms with Crippen molar-refractivity contribution in [2.75, 3.05) is 32.0 Å². The van der Waals surface area contributed by atoms with Crippen molar-refractivity contribution >= 4 is 29.9 Å². The van der Waals surface area contributed by atoms with Gasteiger partial charge in [0, 0.05) is 25.2 Å². The molecule has 2 amide bonds. The molecule has 0 spiro atoms. The molecule has 8 heteroatoms. The molecular weight excluding hydrogens is 364 g/mol. The second-order valence-corrected chi connectivity index (χ2v) is 6.72. The molecule has 1 heterocycles. The molecule has 0 aliphatic carbocycles. The number of piperidine rings is 1. The van der Waals surface area contributed by atoms with E-state index in [0.29, 0.717) is 12.3 Å². The van der Waals surface area contributed by atoms with Crippen LogP contribution in [0, 0.1) is 23.5 Å². The van der Waals surface area contributed by atoms with Gasteiger partial charge in [-0.05, 0) is 49.9 Å². The van der Waals surface area contributed by atoms with E-state index in [0.717, 1.165) is 44.1 Å². The van der Waals surface area contributed by atoms with Crippen LogP contribution in [-0.4, -0.2) is 43.4 Å². The van der Waals surface area contributed by atoms with Crippen LogP contribution in [0.15, 0.2) is 18.2 Å². The minimum Gasteiger partial charge on any atom is -0.336 e. The fourth-order valence-electron chi connectivity index (χ4n) is 3.14. The van der Waals surface area contributed by atoms with Gasteiger partial charge in [0.1, 0.15) is 11.6 Å². The lowest BCUT2D eigenvalue weighted by atomic mass is 9.84. The molecule has 1 saturated heterocycles. The van der Waals surface area contributed by atoms with E-state index in [-0.39, 0.29) is 36.5 Å². The Morgan fingerprint density at radius 2 is 1.81 bits per heavy atom. The average Bonchev–Trinajstić information content (AvgIpc) is 2.54. The van der Waals surface area contributed by atoms with Gasteiger partial charge in [0.25, 0.3) is 0 Å². The van der Waals surface area contributed by atoms with Crippen LogP contribution in [0.2, 0.25) is 0 Å². The van der Waals surface area contributed by atoms with Gasteiger partial charge in [0.2, 0.25) is 11.8 Å². The van der Waals surface area contributed by atoms with E-state index in [1.54, 1.807) is 7.05 Å². The van der Waals surface area contributed by atoms with Gasteiger partial charge in [-0.2, -0.15) is 0 Å². The Bertz CT molecular complexity index is 604. The summed E-state index contributed by atoms with van der Waals surface area (Å²) in [5.74, 6) is -1.35. The minimum atomic E-state index is -0.768. The number of hydrogen-bond donors (Lipinski definition) is 2. The van der Waals surface area contributed by atoms with Gasteiger partial charge in [-0.3, -0.25) is 9.59 Å². The number of likely N-dealkylation sites (N-methyl/N-ethyl adjacent to an activating group) is 1. The van der Waals surface area contributed by atoms with Crippen LogP contribution >= 0.6 is 12.4 Å². The quantitative estimate of drug-likeness (QED) is 0.786. The second-order valence-electron chi connectivity index (χ2n) is 6.72. The van der Waals surface area contributed by atoms with Gasteiger partial charge < -0.3 is 15.5 Å². The molecule has 1 aliphatic heterocycles. The third kappa shape index (κ3) is 6.88. The van der Waals surface area contributed by atoms with Crippen LogP contribution in [0.4, 0.5) is 14.5 Å². The molecule has 2 N–H and O–H groups in total. The Morgan fingerprint density at radius 1 is 1.23 bits per heavy atom. The van der Waals surface area contributed by atoms with Crippen LogP contribution in [0.3, 0.4) is 0 Å². The molecule has 1 aliphatic rings. The number of hydrogen-bond acceptors (Lipinski definition) is 3. The lowest BCUT2D eigenvalue weighted by Gasteiger charge is -2.29. The first-order valence-electron chi connectivity index (χ1n) is 8.55. The van der Waals surface area contributed by atoms with Gasteiger partial charge in [0.15, 0.2) is 0 Å². The van der Waals surface area contributed by atoms with E-state index in [2.05, 4.69) is 17.6 Å². The van der Waals surface area contributed by atoms with Crippen molar-refractivity contribution in [1.82, 2.24) is 10.2 Å². The summed E-state index contributed by atoms with van der Waals surface area (Å²) in [5.41, 5.74) is 0.0337. The van der Waals surface area contributed by atoms with Crippen molar-refractivity contribution in [3.05, 3.63) is 29.8 Å². The molecule has 146 valence electrons. The first kappa shape index (κ1) is 22.3. The Kier molecular flexibility index (Phi) is 8.95. The number of benzene rings is 1. The molecule has 0 radical (unpaired) electrons. The maximum Gasteiger partial charge on any atom is 0.243 e. The standard InChI is InChI=1S/C18H25F2N3O2.ClH/c1-12(13-3-5-21-6-4-13)7-18(25)23(2)11-17(24)22-16-9-14(19)8-15(20)10-16;/h8-10,12-13,21H,3-7,11H2,1-2H3,(H,22,24);1H. The molecule has 1 aromatic rings. The summed E-state index contributed by atoms with van der Waals surface area (Å²) in [6.45, 7) is 3.87. The maximum absolute atomic E-state index is 13.1. The van der Waals surface area contributed by atoms with Crippen LogP contribution in [0.25, 0.3) is 0 Å². The molecule has 5 nitrogen and oxygen atoms in total. The van der Waals surface area contributed by atoms with Crippen molar-refractivity contribution < 1.29 is 18.4 Å². The van der Waals surface area contributed by atoms with Crippen LogP contribution in [0.5, 0.6) is 0 Å². The number of carbonyl (C=O) groups is 2. The lowest BCUT2D eigenvalue weighted by molar-refractivity contribution is -0.134. The van der Waals surface area contributed by atoms with Crippen molar-refractivity contribution in [3.63, 3.8) is 0 Å². The Hall–Kier alpha value is -1.73. The third-order valence-corrected chi connectivity index (χ3v) is 4.64. The van der Waals surface area contributed by atoms with Gasteiger partial charge in [-0.1, -0.05) is 6.92 Å². The predicted octanol–water partition coefficient (Wildman–Crippen LogP) is 2.81. The van der Waals surface area contributed by atoms with Crippen molar-refractivity contribution in [2.24, 2.45) is 11.8 Å². The van der Waals surface area contributed by atoms with E-state index in [9.17, 15) is 18.4 Å². The first-order valence-corrected chi connectivity index (χ1v) is 8.55. The van der Waals surface area contributed by atoms with Crippen LogP contribution < -0.4 is 10.6 Å². The smallest absolute Gasteiger partial charge is 0.243 e. The number of carbonyl (C=O) groups excluding carboxylic acids is 2. The highest BCUT2D eigenvalue weighted by atomic mass is 35.5. The molecule has 1 aromatic carbocycles. The summed E-state index contributed by atoms with van der Waals surface area (Å²) in [5, 5.41) is 5.71. The summed E-state index contributed by atoms with van der Waals surface area (Å²) in [6, 6.07) is 2.79. The summed E-state index contributed by atoms with van der Waals surface area (Å²) in [4.78, 5) is 25.6. The van der Waals surface area contributed by atoms with Gasteiger partial charge in [0.05, 0.1) is 6.54 Å². The fourth-order valence-corrected chi connectivity index (χ4v) is 3.14. The zero-order valence-corrected chi connectivity index (χ0v) is 15.9. The van der Waals surface area contributed by atoms with E-state index in [4.69, 9.17) is 0 Å². The number of nitrogens with zero attached hydrogens (tertiary/aromatic N) is 1. The predicted molar refractivity (Wildman–Crippen MR) is 99.2 cm³/mol. The zero-order valence-electron chi connectivity index (χ0n) is 15.1. The molecular formula is C18H26ClF2N3O2. The van der Waals surface area contributed by atoms with Gasteiger partial charge in [-0.15, -0.1) is 12.4 Å². The number of anilines is 1. The third-order valence-electron chi connectivity index (χ3n) is 4.64. The molecule has 0 aromatic heterocycles. The molecule has 1 unspecified atom stereocenters. The average molecular weight is 390 g/mol. The van der Waals surface area contributed by atoms with E-state index in [1.807, 2.05) is 0 Å². The number of amides is 2. The topological polar surface area (TPSA) is 61.4 Å². The van der Waals surface area contributed by atoms with Gasteiger partial charge >= 0.3 is 0 Å². The number of halogens is 3. The maximum atomic E-state index is 13.1. The first-order chi connectivity index (χ1) is 11.8.